The largest absolute Gasteiger partial charge is 0.495 e. The average molecular weight is 1010 g/mol. The number of aliphatic hydroxyl groups excluding tert-OH is 1. The van der Waals surface area contributed by atoms with E-state index in [4.69, 9.17) is 42.8 Å². The molecule has 0 aromatic rings. The zero-order chi connectivity index (χ0) is 44.4. The summed E-state index contributed by atoms with van der Waals surface area (Å²) in [4.78, 5) is 19.9. The molecule has 26 heteroatoms. The van der Waals surface area contributed by atoms with Crippen molar-refractivity contribution in [2.75, 3.05) is 19.8 Å². The number of carboxylic acids is 1. The number of carbonyl (C=O) groups is 2. The quantitative estimate of drug-likeness (QED) is 0.0357. The first-order chi connectivity index (χ1) is 25.0. The molecule has 1 saturated heterocycles. The maximum absolute atomic E-state index is 12.5. The smallest absolute Gasteiger partial charge is 0.481 e. The van der Waals surface area contributed by atoms with Gasteiger partial charge in [0.05, 0.1) is 7.17 Å². The van der Waals surface area contributed by atoms with Crippen molar-refractivity contribution in [2.45, 2.75) is 150 Å². The summed E-state index contributed by atoms with van der Waals surface area (Å²) < 4.78 is 183. The minimum absolute atomic E-state index is 0.0263. The van der Waals surface area contributed by atoms with E-state index in [1.54, 1.807) is 6.82 Å². The van der Waals surface area contributed by atoms with Gasteiger partial charge in [0.15, 0.2) is 0 Å². The zero-order valence-corrected chi connectivity index (χ0v) is 34.6. The molecule has 1 rings (SSSR count). The Morgan fingerprint density at radius 1 is 0.764 bits per heavy atom. The fraction of sp³-hybridized carbons (Fsp3) is 0.931. The molecule has 0 aromatic carbocycles. The standard InChI is InChI=1S/C8H10F5IO2.C8H13F5O.C8H11F5O.C4H8O.CH3B2.Al.2ClH/c9-7(10,8(11,12)13)4-5(14)2-1-3-6(15)16;2*9-7(10,8(11,12)13)5-3-1-2-4-6-14;1-2-4-5-3-1;1-3-2;;;/h5H,1-4H2,(H,15,16);14H,1-6H2;6H,1-5H2;1-4H2;1H3;;2*1H/q;;;;;+2;;/p-2. The molecule has 1 aliphatic rings. The second-order valence-corrected chi connectivity index (χ2v) is 15.0. The third kappa shape index (κ3) is 41.9. The van der Waals surface area contributed by atoms with Gasteiger partial charge in [-0.2, -0.15) is 65.9 Å². The van der Waals surface area contributed by atoms with Crippen LogP contribution in [0.25, 0.3) is 0 Å². The third-order valence-corrected chi connectivity index (χ3v) is 7.23. The Kier molecular flexibility index (Phi) is 41.8. The first-order valence-electron chi connectivity index (χ1n) is 16.3. The number of unbranched alkanes of at least 4 members (excludes halogenated alkanes) is 6. The maximum Gasteiger partial charge on any atom is 0.495 e. The average Bonchev–Trinajstić information content (AvgIpc) is 3.61. The van der Waals surface area contributed by atoms with Gasteiger partial charge in [-0.05, 0) is 51.4 Å². The highest BCUT2D eigenvalue weighted by molar-refractivity contribution is 14.1. The van der Waals surface area contributed by atoms with Gasteiger partial charge in [0.25, 0.3) is 0 Å². The van der Waals surface area contributed by atoms with Gasteiger partial charge in [-0.15, -0.1) is 6.82 Å². The van der Waals surface area contributed by atoms with Crippen LogP contribution >= 0.6 is 42.7 Å². The molecule has 55 heavy (non-hydrogen) atoms. The lowest BCUT2D eigenvalue weighted by molar-refractivity contribution is -0.284. The molecule has 1 unspecified atom stereocenters. The van der Waals surface area contributed by atoms with E-state index in [0.29, 0.717) is 25.5 Å². The van der Waals surface area contributed by atoms with E-state index >= 15 is 0 Å². The molecule has 0 bridgehead atoms. The van der Waals surface area contributed by atoms with Crippen LogP contribution in [0.2, 0.25) is 6.82 Å². The molecule has 5 nitrogen and oxygen atoms in total. The van der Waals surface area contributed by atoms with Crippen LogP contribution in [0, 0.1) is 0 Å². The van der Waals surface area contributed by atoms with Crippen molar-refractivity contribution < 1.29 is 90.4 Å². The van der Waals surface area contributed by atoms with Crippen LogP contribution in [0.5, 0.6) is 0 Å². The van der Waals surface area contributed by atoms with E-state index in [0.717, 1.165) is 13.2 Å². The van der Waals surface area contributed by atoms with Crippen LogP contribution < -0.4 is 0 Å². The second kappa shape index (κ2) is 35.9. The fourth-order valence-electron chi connectivity index (χ4n) is 3.33. The highest BCUT2D eigenvalue weighted by Crippen LogP contribution is 2.42. The van der Waals surface area contributed by atoms with Gasteiger partial charge < -0.3 is 19.7 Å². The molecule has 0 aliphatic carbocycles. The number of aliphatic carboxylic acids is 1. The van der Waals surface area contributed by atoms with Gasteiger partial charge >= 0.3 is 55.6 Å². The number of hydrogen-bond donors (Lipinski definition) is 2. The molecule has 0 saturated carbocycles. The van der Waals surface area contributed by atoms with Gasteiger partial charge in [-0.1, -0.05) is 41.9 Å². The van der Waals surface area contributed by atoms with Crippen molar-refractivity contribution in [3.05, 3.63) is 0 Å². The number of halogens is 18. The summed E-state index contributed by atoms with van der Waals surface area (Å²) in [6.45, 7) is 3.72. The van der Waals surface area contributed by atoms with E-state index in [1.165, 1.54) is 42.6 Å². The molecule has 1 fully saturated rings. The van der Waals surface area contributed by atoms with Gasteiger partial charge in [-0.25, -0.2) is 20.1 Å². The Labute approximate surface area is 341 Å². The summed E-state index contributed by atoms with van der Waals surface area (Å²) in [5, 5.41) is 16.6. The molecule has 1 atom stereocenters. The van der Waals surface area contributed by atoms with Gasteiger partial charge in [0, 0.05) is 63.6 Å². The number of carboxylic acid groups (broad SMARTS) is 1. The molecular weight excluding hydrogens is 960 g/mol. The minimum atomic E-state index is -5.54. The van der Waals surface area contributed by atoms with E-state index < -0.39 is 65.5 Å². The van der Waals surface area contributed by atoms with E-state index in [1.807, 2.05) is 0 Å². The number of hydrogen-bond acceptors (Lipinski definition) is 4. The first-order valence-corrected chi connectivity index (χ1v) is 21.1. The highest BCUT2D eigenvalue weighted by atomic mass is 127. The number of alkyl halides is 16. The molecule has 4 radical (unpaired) electrons. The number of rotatable bonds is 18. The lowest BCUT2D eigenvalue weighted by Crippen LogP contribution is -2.38. The van der Waals surface area contributed by atoms with Crippen molar-refractivity contribution in [1.29, 1.82) is 0 Å². The number of ether oxygens (including phenoxy) is 1. The summed E-state index contributed by atoms with van der Waals surface area (Å²) in [5.41, 5.74) is 0. The van der Waals surface area contributed by atoms with Crippen LogP contribution in [0.1, 0.15) is 103 Å². The van der Waals surface area contributed by atoms with Crippen LogP contribution in [-0.4, -0.2) is 111 Å². The lowest BCUT2D eigenvalue weighted by atomic mass is 9.59. The molecular formula is C29H45AlB2Cl2F15IO5. The van der Waals surface area contributed by atoms with Crippen LogP contribution in [0.4, 0.5) is 65.9 Å². The Morgan fingerprint density at radius 2 is 1.13 bits per heavy atom. The first kappa shape index (κ1) is 64.1. The summed E-state index contributed by atoms with van der Waals surface area (Å²) in [6.07, 6.45) is -15.5. The van der Waals surface area contributed by atoms with Crippen LogP contribution in [-0.2, 0) is 14.3 Å². The predicted molar refractivity (Wildman–Crippen MR) is 191 cm³/mol. The maximum atomic E-state index is 12.5. The molecule has 0 amide bonds. The van der Waals surface area contributed by atoms with E-state index in [-0.39, 0.29) is 71.4 Å². The fourth-order valence-corrected chi connectivity index (χ4v) is 4.32. The molecule has 0 aromatic heterocycles. The van der Waals surface area contributed by atoms with Crippen molar-refractivity contribution in [3.63, 3.8) is 0 Å². The summed E-state index contributed by atoms with van der Waals surface area (Å²) >= 11 is 1.18. The summed E-state index contributed by atoms with van der Waals surface area (Å²) in [5.74, 6) is -15.0. The number of aliphatic hydroxyl groups is 1. The van der Waals surface area contributed by atoms with Crippen molar-refractivity contribution >= 4 is 83.2 Å². The van der Waals surface area contributed by atoms with Crippen molar-refractivity contribution in [1.82, 2.24) is 0 Å². The van der Waals surface area contributed by atoms with Crippen LogP contribution in [0.3, 0.4) is 0 Å². The number of aldehydes is 1. The molecule has 326 valence electrons. The van der Waals surface area contributed by atoms with Gasteiger partial charge in [0.2, 0.25) is 0 Å². The molecule has 1 aliphatic heterocycles. The van der Waals surface area contributed by atoms with Gasteiger partial charge in [0.1, 0.15) is 6.29 Å². The second-order valence-electron chi connectivity index (χ2n) is 11.1. The summed E-state index contributed by atoms with van der Waals surface area (Å²) in [6, 6.07) is 0. The van der Waals surface area contributed by atoms with E-state index in [9.17, 15) is 75.4 Å². The van der Waals surface area contributed by atoms with Crippen LogP contribution in [0.15, 0.2) is 0 Å². The molecule has 2 N–H and O–H groups in total. The topological polar surface area (TPSA) is 83.8 Å². The summed E-state index contributed by atoms with van der Waals surface area (Å²) in [7, 11) is 15.9. The lowest BCUT2D eigenvalue weighted by Gasteiger charge is -2.21. The monoisotopic (exact) mass is 1000 g/mol. The van der Waals surface area contributed by atoms with Crippen molar-refractivity contribution in [2.24, 2.45) is 0 Å². The minimum Gasteiger partial charge on any atom is -0.481 e. The molecule has 1 heterocycles. The Hall–Kier alpha value is -0.0177. The SMILES string of the molecule is C1CCOC1.O=C(O)CCCC(I)CC(F)(F)C(F)(F)F.O=CCCCCCC(F)(F)C(F)(F)F.OCCCCCCC(F)(F)C(F)(F)F.[B][B]C.[Cl][Al][Cl]. The highest BCUT2D eigenvalue weighted by Gasteiger charge is 2.58. The third-order valence-electron chi connectivity index (χ3n) is 6.17. The van der Waals surface area contributed by atoms with Gasteiger partial charge in [-0.3, -0.25) is 4.79 Å². The number of carbonyl (C=O) groups excluding carboxylic acids is 1. The normalized spacial score (nSPS) is 13.7. The molecule has 0 spiro atoms. The predicted octanol–water partition coefficient (Wildman–Crippen LogP) is 11.7. The zero-order valence-electron chi connectivity index (χ0n) is 29.7. The van der Waals surface area contributed by atoms with E-state index in [2.05, 4.69) is 0 Å². The Balaban J connectivity index is -0.000000199. The van der Waals surface area contributed by atoms with Crippen molar-refractivity contribution in [3.8, 4) is 0 Å². The Morgan fingerprint density at radius 3 is 1.42 bits per heavy atom. The Bertz CT molecular complexity index is 901.